The summed E-state index contributed by atoms with van der Waals surface area (Å²) in [5, 5.41) is 4.95. The molecule has 1 nitrogen and oxygen atoms in total. The standard InChI is InChI=1S/C15H24ClNS/c1-6-11(2)18-14-8-7-12(9-13(14)16)10-17-15(3,4)5/h7-9,11,17H,6,10H2,1-5H3. The van der Waals surface area contributed by atoms with E-state index in [9.17, 15) is 0 Å². The van der Waals surface area contributed by atoms with Gasteiger partial charge in [0, 0.05) is 22.2 Å². The Hall–Kier alpha value is -0.180. The number of rotatable bonds is 5. The number of thioether (sulfide) groups is 1. The lowest BCUT2D eigenvalue weighted by molar-refractivity contribution is 0.424. The van der Waals surface area contributed by atoms with Crippen LogP contribution in [0.5, 0.6) is 0 Å². The molecule has 0 saturated carbocycles. The van der Waals surface area contributed by atoms with E-state index in [1.54, 1.807) is 0 Å². The van der Waals surface area contributed by atoms with E-state index in [-0.39, 0.29) is 5.54 Å². The van der Waals surface area contributed by atoms with E-state index < -0.39 is 0 Å². The molecule has 0 aromatic heterocycles. The summed E-state index contributed by atoms with van der Waals surface area (Å²) in [6, 6.07) is 6.37. The largest absolute Gasteiger partial charge is 0.308 e. The van der Waals surface area contributed by atoms with Gasteiger partial charge in [-0.05, 0) is 44.9 Å². The molecule has 0 fully saturated rings. The highest BCUT2D eigenvalue weighted by molar-refractivity contribution is 8.00. The van der Waals surface area contributed by atoms with Crippen molar-refractivity contribution < 1.29 is 0 Å². The van der Waals surface area contributed by atoms with Gasteiger partial charge in [-0.25, -0.2) is 0 Å². The zero-order chi connectivity index (χ0) is 13.8. The highest BCUT2D eigenvalue weighted by Gasteiger charge is 2.10. The summed E-state index contributed by atoms with van der Waals surface area (Å²) < 4.78 is 0. The van der Waals surface area contributed by atoms with Crippen molar-refractivity contribution in [2.45, 2.75) is 63.3 Å². The minimum absolute atomic E-state index is 0.136. The third kappa shape index (κ3) is 5.64. The average Bonchev–Trinajstić information content (AvgIpc) is 2.28. The molecule has 0 aliphatic carbocycles. The van der Waals surface area contributed by atoms with Gasteiger partial charge in [0.25, 0.3) is 0 Å². The summed E-state index contributed by atoms with van der Waals surface area (Å²) in [6.45, 7) is 11.8. The van der Waals surface area contributed by atoms with Gasteiger partial charge in [0.15, 0.2) is 0 Å². The Kier molecular flexibility index (Phi) is 6.03. The first-order valence-corrected chi connectivity index (χ1v) is 7.77. The molecule has 1 aromatic rings. The Morgan fingerprint density at radius 3 is 2.50 bits per heavy atom. The number of halogens is 1. The van der Waals surface area contributed by atoms with Crippen molar-refractivity contribution in [3.63, 3.8) is 0 Å². The molecule has 1 N–H and O–H groups in total. The highest BCUT2D eigenvalue weighted by atomic mass is 35.5. The van der Waals surface area contributed by atoms with Crippen molar-refractivity contribution in [3.8, 4) is 0 Å². The van der Waals surface area contributed by atoms with Gasteiger partial charge >= 0.3 is 0 Å². The predicted molar refractivity (Wildman–Crippen MR) is 83.7 cm³/mol. The molecule has 1 atom stereocenters. The minimum atomic E-state index is 0.136. The Balaban J connectivity index is 2.67. The van der Waals surface area contributed by atoms with Gasteiger partial charge < -0.3 is 5.32 Å². The van der Waals surface area contributed by atoms with Crippen LogP contribution in [0.1, 0.15) is 46.6 Å². The fraction of sp³-hybridized carbons (Fsp3) is 0.600. The Labute approximate surface area is 121 Å². The van der Waals surface area contributed by atoms with Gasteiger partial charge in [-0.2, -0.15) is 0 Å². The minimum Gasteiger partial charge on any atom is -0.308 e. The Morgan fingerprint density at radius 2 is 2.00 bits per heavy atom. The Bertz CT molecular complexity index is 385. The summed E-state index contributed by atoms with van der Waals surface area (Å²) in [5.74, 6) is 0. The van der Waals surface area contributed by atoms with Gasteiger partial charge in [0.2, 0.25) is 0 Å². The highest BCUT2D eigenvalue weighted by Crippen LogP contribution is 2.32. The molecule has 0 radical (unpaired) electrons. The number of benzene rings is 1. The summed E-state index contributed by atoms with van der Waals surface area (Å²) >= 11 is 8.18. The summed E-state index contributed by atoms with van der Waals surface area (Å²) in [7, 11) is 0. The average molecular weight is 286 g/mol. The van der Waals surface area contributed by atoms with Crippen molar-refractivity contribution in [2.75, 3.05) is 0 Å². The first kappa shape index (κ1) is 15.9. The van der Waals surface area contributed by atoms with E-state index in [2.05, 4.69) is 58.1 Å². The normalized spacial score (nSPS) is 13.7. The van der Waals surface area contributed by atoms with Crippen molar-refractivity contribution in [1.82, 2.24) is 5.32 Å². The second-order valence-corrected chi connectivity index (χ2v) is 7.59. The first-order valence-electron chi connectivity index (χ1n) is 6.52. The van der Waals surface area contributed by atoms with Crippen LogP contribution < -0.4 is 5.32 Å². The molecular weight excluding hydrogens is 262 g/mol. The first-order chi connectivity index (χ1) is 8.31. The molecule has 1 rings (SSSR count). The molecule has 0 spiro atoms. The van der Waals surface area contributed by atoms with Crippen LogP contribution in [0.15, 0.2) is 23.1 Å². The fourth-order valence-electron chi connectivity index (χ4n) is 1.42. The van der Waals surface area contributed by atoms with Gasteiger partial charge in [0.1, 0.15) is 0 Å². The molecule has 3 heteroatoms. The van der Waals surface area contributed by atoms with Crippen molar-refractivity contribution in [1.29, 1.82) is 0 Å². The molecule has 0 heterocycles. The molecule has 0 amide bonds. The zero-order valence-corrected chi connectivity index (χ0v) is 13.6. The SMILES string of the molecule is CCC(C)Sc1ccc(CNC(C)(C)C)cc1Cl. The van der Waals surface area contributed by atoms with E-state index >= 15 is 0 Å². The second-order valence-electron chi connectivity index (χ2n) is 5.71. The van der Waals surface area contributed by atoms with Gasteiger partial charge in [-0.1, -0.05) is 31.5 Å². The van der Waals surface area contributed by atoms with Crippen molar-refractivity contribution >= 4 is 23.4 Å². The van der Waals surface area contributed by atoms with E-state index in [1.807, 2.05) is 11.8 Å². The third-order valence-corrected chi connectivity index (χ3v) is 4.49. The molecule has 1 unspecified atom stereocenters. The maximum absolute atomic E-state index is 6.33. The van der Waals surface area contributed by atoms with Crippen LogP contribution >= 0.6 is 23.4 Å². The summed E-state index contributed by atoms with van der Waals surface area (Å²) in [6.07, 6.45) is 1.16. The van der Waals surface area contributed by atoms with Crippen LogP contribution in [-0.2, 0) is 6.54 Å². The van der Waals surface area contributed by atoms with E-state index in [0.29, 0.717) is 5.25 Å². The summed E-state index contributed by atoms with van der Waals surface area (Å²) in [5.41, 5.74) is 1.37. The molecule has 0 aliphatic rings. The second kappa shape index (κ2) is 6.83. The van der Waals surface area contributed by atoms with E-state index in [4.69, 9.17) is 11.6 Å². The van der Waals surface area contributed by atoms with Crippen LogP contribution in [0.2, 0.25) is 5.02 Å². The quantitative estimate of drug-likeness (QED) is 0.754. The van der Waals surface area contributed by atoms with Crippen molar-refractivity contribution in [2.24, 2.45) is 0 Å². The van der Waals surface area contributed by atoms with E-state index in [1.165, 1.54) is 10.5 Å². The van der Waals surface area contributed by atoms with Crippen LogP contribution in [0.4, 0.5) is 0 Å². The van der Waals surface area contributed by atoms with Gasteiger partial charge in [-0.3, -0.25) is 0 Å². The molecule has 0 aliphatic heterocycles. The molecule has 18 heavy (non-hydrogen) atoms. The third-order valence-electron chi connectivity index (χ3n) is 2.72. The maximum atomic E-state index is 6.33. The molecule has 0 saturated heterocycles. The number of hydrogen-bond donors (Lipinski definition) is 1. The Morgan fingerprint density at radius 1 is 1.33 bits per heavy atom. The molecule has 102 valence electrons. The number of hydrogen-bond acceptors (Lipinski definition) is 2. The van der Waals surface area contributed by atoms with E-state index in [0.717, 1.165) is 18.0 Å². The smallest absolute Gasteiger partial charge is 0.0545 e. The van der Waals surface area contributed by atoms with Gasteiger partial charge in [0.05, 0.1) is 5.02 Å². The lowest BCUT2D eigenvalue weighted by Crippen LogP contribution is -2.35. The molecular formula is C15H24ClNS. The van der Waals surface area contributed by atoms with Gasteiger partial charge in [-0.15, -0.1) is 11.8 Å². The van der Waals surface area contributed by atoms with Crippen LogP contribution in [0.3, 0.4) is 0 Å². The molecule has 0 bridgehead atoms. The summed E-state index contributed by atoms with van der Waals surface area (Å²) in [4.78, 5) is 1.19. The van der Waals surface area contributed by atoms with Crippen molar-refractivity contribution in [3.05, 3.63) is 28.8 Å². The monoisotopic (exact) mass is 285 g/mol. The maximum Gasteiger partial charge on any atom is 0.0545 e. The lowest BCUT2D eigenvalue weighted by Gasteiger charge is -2.21. The fourth-order valence-corrected chi connectivity index (χ4v) is 2.67. The molecule has 1 aromatic carbocycles. The zero-order valence-electron chi connectivity index (χ0n) is 12.0. The van der Waals surface area contributed by atoms with Crippen LogP contribution in [-0.4, -0.2) is 10.8 Å². The number of nitrogens with one attached hydrogen (secondary N) is 1. The van der Waals surface area contributed by atoms with Crippen LogP contribution in [0, 0.1) is 0 Å². The predicted octanol–water partition coefficient (Wildman–Crippen LogP) is 5.12. The lowest BCUT2D eigenvalue weighted by atomic mass is 10.1. The topological polar surface area (TPSA) is 12.0 Å². The van der Waals surface area contributed by atoms with Crippen LogP contribution in [0.25, 0.3) is 0 Å².